The zero-order valence-electron chi connectivity index (χ0n) is 14.1. The lowest BCUT2D eigenvalue weighted by molar-refractivity contribution is 1.34. The third-order valence-electron chi connectivity index (χ3n) is 4.27. The second-order valence-corrected chi connectivity index (χ2v) is 11.8. The van der Waals surface area contributed by atoms with Crippen molar-refractivity contribution in [1.29, 1.82) is 0 Å². The Hall–Kier alpha value is -1.46. The lowest BCUT2D eigenvalue weighted by atomic mass is 10.2. The fraction of sp³-hybridized carbons (Fsp3) is 0. The second-order valence-electron chi connectivity index (χ2n) is 5.62. The number of thioether (sulfide) groups is 3. The molecule has 0 N–H and O–H groups in total. The molecule has 2 aliphatic heterocycles. The van der Waals surface area contributed by atoms with Gasteiger partial charge in [0.25, 0.3) is 0 Å². The Bertz CT molecular complexity index is 904. The first-order valence-corrected chi connectivity index (χ1v) is 12.5. The molecule has 2 aromatic rings. The van der Waals surface area contributed by atoms with Gasteiger partial charge in [-0.3, -0.25) is 0 Å². The normalized spacial score (nSPS) is 18.9. The van der Waals surface area contributed by atoms with Crippen LogP contribution >= 0.6 is 45.3 Å². The van der Waals surface area contributed by atoms with Crippen LogP contribution < -0.4 is 0 Å². The highest BCUT2D eigenvalue weighted by Crippen LogP contribution is 2.79. The van der Waals surface area contributed by atoms with E-state index < -0.39 is 10.0 Å². The molecule has 0 nitrogen and oxygen atoms in total. The van der Waals surface area contributed by atoms with Crippen molar-refractivity contribution < 1.29 is 0 Å². The van der Waals surface area contributed by atoms with Crippen LogP contribution in [0, 0.1) is 0 Å². The van der Waals surface area contributed by atoms with Crippen molar-refractivity contribution in [1.82, 2.24) is 0 Å². The third-order valence-corrected chi connectivity index (χ3v) is 12.3. The fourth-order valence-electron chi connectivity index (χ4n) is 3.14. The first-order valence-electron chi connectivity index (χ1n) is 8.13. The Balaban J connectivity index is 2.08. The van der Waals surface area contributed by atoms with Crippen molar-refractivity contribution in [2.45, 2.75) is 9.79 Å². The summed E-state index contributed by atoms with van der Waals surface area (Å²) in [6.07, 6.45) is 3.96. The summed E-state index contributed by atoms with van der Waals surface area (Å²) in [5, 5.41) is 9.03. The average Bonchev–Trinajstić information content (AvgIpc) is 3.37. The minimum atomic E-state index is -1.49. The molecule has 0 atom stereocenters. The van der Waals surface area contributed by atoms with Gasteiger partial charge in [-0.05, 0) is 44.9 Å². The molecule has 0 saturated carbocycles. The van der Waals surface area contributed by atoms with Gasteiger partial charge in [0.2, 0.25) is 0 Å². The molecule has 4 rings (SSSR count). The van der Waals surface area contributed by atoms with Gasteiger partial charge in [0.15, 0.2) is 0 Å². The molecule has 0 aliphatic carbocycles. The first kappa shape index (κ1) is 17.9. The van der Waals surface area contributed by atoms with Crippen LogP contribution in [0.5, 0.6) is 0 Å². The van der Waals surface area contributed by atoms with Crippen molar-refractivity contribution in [2.24, 2.45) is 0 Å². The molecule has 130 valence electrons. The molecule has 0 aromatic heterocycles. The third kappa shape index (κ3) is 2.85. The highest BCUT2D eigenvalue weighted by atomic mass is 32.3. The van der Waals surface area contributed by atoms with Crippen LogP contribution in [-0.4, -0.2) is 0 Å². The minimum absolute atomic E-state index is 1.20. The molecular weight excluding hydrogens is 393 g/mol. The zero-order valence-corrected chi connectivity index (χ0v) is 17.4. The van der Waals surface area contributed by atoms with Crippen LogP contribution in [0.4, 0.5) is 0 Å². The van der Waals surface area contributed by atoms with Crippen LogP contribution in [0.25, 0.3) is 12.2 Å². The van der Waals surface area contributed by atoms with Gasteiger partial charge in [-0.2, -0.15) is 0 Å². The molecule has 0 spiro atoms. The van der Waals surface area contributed by atoms with Gasteiger partial charge in [0, 0.05) is 9.79 Å². The van der Waals surface area contributed by atoms with Crippen LogP contribution in [-0.2, 0) is 0 Å². The summed E-state index contributed by atoms with van der Waals surface area (Å²) < 4.78 is 2.83. The molecule has 0 fully saturated rings. The SMILES string of the molecule is C=Cc1ccccc1S1(c2ccccc2C=C)C=CSC1=C1SC=CS1. The number of hydrogen-bond acceptors (Lipinski definition) is 3. The summed E-state index contributed by atoms with van der Waals surface area (Å²) in [7, 11) is -1.49. The van der Waals surface area contributed by atoms with E-state index in [1.54, 1.807) is 0 Å². The van der Waals surface area contributed by atoms with E-state index in [-0.39, 0.29) is 0 Å². The van der Waals surface area contributed by atoms with Crippen molar-refractivity contribution >= 4 is 57.5 Å². The van der Waals surface area contributed by atoms with Gasteiger partial charge in [0.1, 0.15) is 0 Å². The number of rotatable bonds is 4. The molecular formula is C22H18S4. The predicted molar refractivity (Wildman–Crippen MR) is 125 cm³/mol. The first-order chi connectivity index (χ1) is 12.8. The summed E-state index contributed by atoms with van der Waals surface area (Å²) >= 11 is 5.52. The molecule has 0 amide bonds. The second kappa shape index (κ2) is 7.65. The van der Waals surface area contributed by atoms with Crippen LogP contribution in [0.15, 0.2) is 102 Å². The van der Waals surface area contributed by atoms with Gasteiger partial charge in [-0.1, -0.05) is 97.0 Å². The van der Waals surface area contributed by atoms with Crippen molar-refractivity contribution in [2.75, 3.05) is 0 Å². The Kier molecular flexibility index (Phi) is 5.28. The topological polar surface area (TPSA) is 0 Å². The summed E-state index contributed by atoms with van der Waals surface area (Å²) in [5.41, 5.74) is 2.40. The van der Waals surface area contributed by atoms with E-state index >= 15 is 0 Å². The Morgan fingerprint density at radius 3 is 1.77 bits per heavy atom. The van der Waals surface area contributed by atoms with Crippen LogP contribution in [0.2, 0.25) is 0 Å². The molecule has 26 heavy (non-hydrogen) atoms. The summed E-state index contributed by atoms with van der Waals surface area (Å²) in [4.78, 5) is 2.70. The predicted octanol–water partition coefficient (Wildman–Crippen LogP) is 8.49. The van der Waals surface area contributed by atoms with Gasteiger partial charge in [-0.15, -0.1) is 10.0 Å². The Labute approximate surface area is 169 Å². The Morgan fingerprint density at radius 1 is 0.692 bits per heavy atom. The molecule has 0 bridgehead atoms. The fourth-order valence-corrected chi connectivity index (χ4v) is 11.8. The summed E-state index contributed by atoms with van der Waals surface area (Å²) in [6.45, 7) is 8.15. The van der Waals surface area contributed by atoms with E-state index in [0.717, 1.165) is 0 Å². The highest BCUT2D eigenvalue weighted by molar-refractivity contribution is 8.49. The highest BCUT2D eigenvalue weighted by Gasteiger charge is 2.39. The van der Waals surface area contributed by atoms with E-state index in [4.69, 9.17) is 0 Å². The van der Waals surface area contributed by atoms with E-state index in [2.05, 4.69) is 83.3 Å². The van der Waals surface area contributed by atoms with Crippen LogP contribution in [0.1, 0.15) is 11.1 Å². The largest absolute Gasteiger partial charge is 0.130 e. The van der Waals surface area contributed by atoms with Crippen molar-refractivity contribution in [3.8, 4) is 0 Å². The average molecular weight is 411 g/mol. The lowest BCUT2D eigenvalue weighted by Gasteiger charge is -2.39. The molecule has 2 aliphatic rings. The smallest absolute Gasteiger partial charge is 0.0685 e. The van der Waals surface area contributed by atoms with Gasteiger partial charge >= 0.3 is 0 Å². The summed E-state index contributed by atoms with van der Waals surface area (Å²) in [5.74, 6) is 0. The number of benzene rings is 2. The van der Waals surface area contributed by atoms with E-state index in [9.17, 15) is 0 Å². The van der Waals surface area contributed by atoms with E-state index in [1.807, 2.05) is 47.4 Å². The van der Waals surface area contributed by atoms with Gasteiger partial charge < -0.3 is 0 Å². The van der Waals surface area contributed by atoms with Crippen molar-refractivity contribution in [3.63, 3.8) is 0 Å². The monoisotopic (exact) mass is 410 g/mol. The number of hydrogen-bond donors (Lipinski definition) is 0. The van der Waals surface area contributed by atoms with Gasteiger partial charge in [0.05, 0.1) is 8.47 Å². The maximum Gasteiger partial charge on any atom is 0.0685 e. The van der Waals surface area contributed by atoms with Gasteiger partial charge in [-0.25, -0.2) is 0 Å². The lowest BCUT2D eigenvalue weighted by Crippen LogP contribution is -2.03. The van der Waals surface area contributed by atoms with E-state index in [1.165, 1.54) is 29.4 Å². The quantitative estimate of drug-likeness (QED) is 0.496. The molecule has 2 heterocycles. The molecule has 0 radical (unpaired) electrons. The van der Waals surface area contributed by atoms with E-state index in [0.29, 0.717) is 0 Å². The van der Waals surface area contributed by atoms with Crippen LogP contribution in [0.3, 0.4) is 0 Å². The molecule has 4 heteroatoms. The molecule has 2 aromatic carbocycles. The molecule has 0 unspecified atom stereocenters. The maximum absolute atomic E-state index is 4.08. The standard InChI is InChI=1S/C22H18S4/c1-3-17-9-5-7-11-19(17)26(20-12-8-6-10-18(20)4-2)16-15-25-22(26)21-23-13-14-24-21/h3-16H,1-2H2. The summed E-state index contributed by atoms with van der Waals surface area (Å²) in [6, 6.07) is 17.3. The zero-order chi connectivity index (χ0) is 18.0. The Morgan fingerprint density at radius 2 is 1.23 bits per heavy atom. The minimum Gasteiger partial charge on any atom is -0.130 e. The molecule has 0 saturated heterocycles. The maximum atomic E-state index is 4.08. The van der Waals surface area contributed by atoms with Crippen molar-refractivity contribution in [3.05, 3.63) is 103 Å².